The van der Waals surface area contributed by atoms with Crippen molar-refractivity contribution in [3.8, 4) is 11.1 Å². The molecule has 0 saturated carbocycles. The molecule has 4 atom stereocenters. The zero-order valence-electron chi connectivity index (χ0n) is 33.3. The molecule has 2 nitrogen and oxygen atoms in total. The summed E-state index contributed by atoms with van der Waals surface area (Å²) in [7, 11) is 0. The largest absolute Gasteiger partial charge is 0.459 e. The number of benzene rings is 8. The van der Waals surface area contributed by atoms with E-state index in [4.69, 9.17) is 4.42 Å². The maximum Gasteiger partial charge on any atom is 0.134 e. The molecule has 0 spiro atoms. The van der Waals surface area contributed by atoms with E-state index >= 15 is 0 Å². The minimum atomic E-state index is -0.542. The Bertz CT molecular complexity index is 3250. The van der Waals surface area contributed by atoms with Crippen molar-refractivity contribution in [1.29, 1.82) is 0 Å². The predicted octanol–water partition coefficient (Wildman–Crippen LogP) is 14.7. The molecule has 2 heterocycles. The second-order valence-electron chi connectivity index (χ2n) is 17.3. The van der Waals surface area contributed by atoms with Gasteiger partial charge in [-0.25, -0.2) is 0 Å². The van der Waals surface area contributed by atoms with Gasteiger partial charge in [0.1, 0.15) is 11.3 Å². The van der Waals surface area contributed by atoms with E-state index in [1.165, 1.54) is 88.0 Å². The van der Waals surface area contributed by atoms with Crippen molar-refractivity contribution >= 4 is 54.7 Å². The van der Waals surface area contributed by atoms with Crippen LogP contribution in [0.5, 0.6) is 0 Å². The summed E-state index contributed by atoms with van der Waals surface area (Å²) >= 11 is 0. The van der Waals surface area contributed by atoms with Gasteiger partial charge in [-0.2, -0.15) is 0 Å². The van der Waals surface area contributed by atoms with E-state index < -0.39 is 16.4 Å². The molecule has 2 aliphatic carbocycles. The van der Waals surface area contributed by atoms with Crippen molar-refractivity contribution in [3.63, 3.8) is 0 Å². The van der Waals surface area contributed by atoms with Crippen LogP contribution in [0.4, 0.5) is 11.4 Å². The number of hydrogen-bond donors (Lipinski definition) is 0. The molecule has 2 heteroatoms. The lowest BCUT2D eigenvalue weighted by molar-refractivity contribution is 0.375. The van der Waals surface area contributed by atoms with Crippen molar-refractivity contribution in [1.82, 2.24) is 0 Å². The average molecular weight is 746 g/mol. The minimum absolute atomic E-state index is 0.0853. The third kappa shape index (κ3) is 4.22. The van der Waals surface area contributed by atoms with E-state index in [1.807, 2.05) is 0 Å². The van der Waals surface area contributed by atoms with E-state index in [9.17, 15) is 0 Å². The summed E-state index contributed by atoms with van der Waals surface area (Å²) in [6, 6.07) is 62.7. The predicted molar refractivity (Wildman–Crippen MR) is 242 cm³/mol. The van der Waals surface area contributed by atoms with Gasteiger partial charge in [-0.15, -0.1) is 0 Å². The smallest absolute Gasteiger partial charge is 0.134 e. The first-order valence-corrected chi connectivity index (χ1v) is 20.7. The maximum atomic E-state index is 7.17. The highest BCUT2D eigenvalue weighted by atomic mass is 16.3. The quantitative estimate of drug-likeness (QED) is 0.132. The van der Waals surface area contributed by atoms with E-state index in [-0.39, 0.29) is 5.92 Å². The summed E-state index contributed by atoms with van der Waals surface area (Å²) in [5.74, 6) is 1.16. The molecule has 0 fully saturated rings. The van der Waals surface area contributed by atoms with Crippen LogP contribution < -0.4 is 4.90 Å². The van der Waals surface area contributed by atoms with E-state index in [2.05, 4.69) is 215 Å². The Morgan fingerprint density at radius 2 is 1.17 bits per heavy atom. The number of hydrogen-bond acceptors (Lipinski definition) is 2. The average Bonchev–Trinajstić information content (AvgIpc) is 3.67. The van der Waals surface area contributed by atoms with Crippen LogP contribution in [0.3, 0.4) is 0 Å². The van der Waals surface area contributed by atoms with Gasteiger partial charge in [0.25, 0.3) is 0 Å². The molecule has 278 valence electrons. The van der Waals surface area contributed by atoms with Crippen molar-refractivity contribution in [2.75, 3.05) is 4.90 Å². The molecule has 3 aliphatic rings. The van der Waals surface area contributed by atoms with Gasteiger partial charge in [0.05, 0.1) is 11.0 Å². The number of rotatable bonds is 3. The molecule has 0 saturated heterocycles. The fourth-order valence-electron chi connectivity index (χ4n) is 11.8. The molecule has 1 aromatic heterocycles. The molecule has 0 N–H and O–H groups in total. The summed E-state index contributed by atoms with van der Waals surface area (Å²) in [4.78, 5) is 2.61. The van der Waals surface area contributed by atoms with Crippen LogP contribution in [0.2, 0.25) is 0 Å². The number of allylic oxidation sites excluding steroid dienone is 2. The van der Waals surface area contributed by atoms with Crippen LogP contribution in [-0.2, 0) is 10.8 Å². The highest BCUT2D eigenvalue weighted by Gasteiger charge is 2.61. The van der Waals surface area contributed by atoms with E-state index in [0.29, 0.717) is 0 Å². The van der Waals surface area contributed by atoms with Crippen LogP contribution in [0.15, 0.2) is 198 Å². The zero-order valence-corrected chi connectivity index (χ0v) is 33.3. The van der Waals surface area contributed by atoms with Gasteiger partial charge in [0.2, 0.25) is 0 Å². The normalized spacial score (nSPS) is 23.4. The van der Waals surface area contributed by atoms with E-state index in [1.54, 1.807) is 0 Å². The first-order chi connectivity index (χ1) is 28.3. The molecule has 8 aromatic carbocycles. The Hall–Kier alpha value is -6.64. The van der Waals surface area contributed by atoms with Crippen molar-refractivity contribution < 1.29 is 4.42 Å². The maximum absolute atomic E-state index is 7.17. The minimum Gasteiger partial charge on any atom is -0.459 e. The number of nitrogens with zero attached hydrogens (tertiary/aromatic N) is 1. The van der Waals surface area contributed by atoms with Gasteiger partial charge < -0.3 is 9.32 Å². The molecule has 0 bridgehead atoms. The molecule has 1 aliphatic heterocycles. The van der Waals surface area contributed by atoms with E-state index in [0.717, 1.165) is 11.3 Å². The fraction of sp³-hybridized carbons (Fsp3) is 0.143. The number of furan rings is 1. The fourth-order valence-corrected chi connectivity index (χ4v) is 11.8. The first-order valence-electron chi connectivity index (χ1n) is 20.7. The van der Waals surface area contributed by atoms with Crippen molar-refractivity contribution in [2.45, 2.75) is 50.0 Å². The van der Waals surface area contributed by atoms with Gasteiger partial charge in [-0.1, -0.05) is 159 Å². The Morgan fingerprint density at radius 1 is 0.534 bits per heavy atom. The van der Waals surface area contributed by atoms with Gasteiger partial charge >= 0.3 is 0 Å². The van der Waals surface area contributed by atoms with Crippen LogP contribution in [0, 0.1) is 0 Å². The molecule has 9 aromatic rings. The van der Waals surface area contributed by atoms with Gasteiger partial charge in [0.15, 0.2) is 0 Å². The second-order valence-corrected chi connectivity index (χ2v) is 17.3. The summed E-state index contributed by atoms with van der Waals surface area (Å²) in [5.41, 5.74) is 11.1. The third-order valence-electron chi connectivity index (χ3n) is 14.2. The highest BCUT2D eigenvalue weighted by molar-refractivity contribution is 6.10. The second kappa shape index (κ2) is 11.7. The van der Waals surface area contributed by atoms with Crippen molar-refractivity contribution in [2.24, 2.45) is 0 Å². The van der Waals surface area contributed by atoms with Crippen LogP contribution >= 0.6 is 0 Å². The molecule has 0 radical (unpaired) electrons. The van der Waals surface area contributed by atoms with Gasteiger partial charge in [0, 0.05) is 33.7 Å². The van der Waals surface area contributed by atoms with Crippen molar-refractivity contribution in [3.05, 3.63) is 216 Å². The Kier molecular flexibility index (Phi) is 6.76. The zero-order chi connectivity index (χ0) is 39.0. The molecular formula is C56H43NO. The number of para-hydroxylation sites is 2. The topological polar surface area (TPSA) is 16.4 Å². The molecule has 58 heavy (non-hydrogen) atoms. The van der Waals surface area contributed by atoms with Gasteiger partial charge in [-0.05, 0) is 117 Å². The SMILES string of the molecule is CC1C2=C3C(C)(c4ccccc4N(c4ccc(-c5cccc6ccccc56)cc4)C3(C)C=CC2(C)c2cc3ccccc3c3ccccc23)c2oc3ccccc3c21. The standard InChI is InChI=1S/C56H43NO/c1-35-50-45-23-11-14-27-49(45)58-53(50)56(4)46-25-12-13-26-48(46)57(39-30-28-37(29-31-39)41-24-15-18-36-16-5-7-19-40(36)41)55(3)33-32-54(2,51(35)52(55)56)47-34-38-17-6-8-20-42(38)43-21-9-10-22-44(43)47/h5-35H,1-4H3. The Labute approximate surface area is 339 Å². The Morgan fingerprint density at radius 3 is 1.98 bits per heavy atom. The summed E-state index contributed by atoms with van der Waals surface area (Å²) in [5, 5.41) is 8.90. The lowest BCUT2D eigenvalue weighted by Crippen LogP contribution is -2.59. The summed E-state index contributed by atoms with van der Waals surface area (Å²) in [6.07, 6.45) is 5.08. The third-order valence-corrected chi connectivity index (χ3v) is 14.2. The first kappa shape index (κ1) is 33.5. The van der Waals surface area contributed by atoms with Crippen LogP contribution in [-0.4, -0.2) is 5.54 Å². The van der Waals surface area contributed by atoms with Gasteiger partial charge in [-0.3, -0.25) is 0 Å². The number of anilines is 2. The lowest BCUT2D eigenvalue weighted by Gasteiger charge is -2.60. The highest BCUT2D eigenvalue weighted by Crippen LogP contribution is 2.67. The Balaban J connectivity index is 1.16. The summed E-state index contributed by atoms with van der Waals surface area (Å²) < 4.78 is 7.17. The number of fused-ring (bicyclic) bond motifs is 10. The monoisotopic (exact) mass is 745 g/mol. The molecule has 4 unspecified atom stereocenters. The molecule has 12 rings (SSSR count). The van der Waals surface area contributed by atoms with Crippen LogP contribution in [0.1, 0.15) is 56.1 Å². The lowest BCUT2D eigenvalue weighted by atomic mass is 9.50. The van der Waals surface area contributed by atoms with Crippen LogP contribution in [0.25, 0.3) is 54.4 Å². The molecular weight excluding hydrogens is 703 g/mol. The summed E-state index contributed by atoms with van der Waals surface area (Å²) in [6.45, 7) is 9.82. The molecule has 0 amide bonds.